The zero-order valence-electron chi connectivity index (χ0n) is 11.4. The first-order valence-electron chi connectivity index (χ1n) is 6.99. The predicted octanol–water partition coefficient (Wildman–Crippen LogP) is 2.35. The van der Waals surface area contributed by atoms with Gasteiger partial charge in [0, 0.05) is 6.54 Å². The topological polar surface area (TPSA) is 46.2 Å². The van der Waals surface area contributed by atoms with E-state index in [2.05, 4.69) is 5.32 Å². The SMILES string of the molecule is CC(=O)[C@H](CC1CC1)C(=O)NCCc1ccccc1. The summed E-state index contributed by atoms with van der Waals surface area (Å²) in [6.07, 6.45) is 3.87. The number of benzene rings is 1. The van der Waals surface area contributed by atoms with Crippen molar-refractivity contribution in [1.29, 1.82) is 0 Å². The molecule has 19 heavy (non-hydrogen) atoms. The van der Waals surface area contributed by atoms with Gasteiger partial charge in [0.1, 0.15) is 5.78 Å². The van der Waals surface area contributed by atoms with Gasteiger partial charge in [-0.1, -0.05) is 43.2 Å². The van der Waals surface area contributed by atoms with Crippen molar-refractivity contribution >= 4 is 11.7 Å². The van der Waals surface area contributed by atoms with E-state index < -0.39 is 5.92 Å². The van der Waals surface area contributed by atoms with Crippen molar-refractivity contribution in [2.24, 2.45) is 11.8 Å². The molecule has 1 saturated carbocycles. The summed E-state index contributed by atoms with van der Waals surface area (Å²) in [5.41, 5.74) is 1.20. The van der Waals surface area contributed by atoms with E-state index >= 15 is 0 Å². The van der Waals surface area contributed by atoms with E-state index in [1.807, 2.05) is 30.3 Å². The van der Waals surface area contributed by atoms with E-state index in [9.17, 15) is 9.59 Å². The molecule has 1 aliphatic rings. The highest BCUT2D eigenvalue weighted by Crippen LogP contribution is 2.35. The van der Waals surface area contributed by atoms with Gasteiger partial charge >= 0.3 is 0 Å². The minimum absolute atomic E-state index is 0.0101. The predicted molar refractivity (Wildman–Crippen MR) is 74.7 cm³/mol. The lowest BCUT2D eigenvalue weighted by Crippen LogP contribution is -2.36. The second-order valence-corrected chi connectivity index (χ2v) is 5.37. The zero-order chi connectivity index (χ0) is 13.7. The molecule has 3 heteroatoms. The molecular weight excluding hydrogens is 238 g/mol. The first-order valence-corrected chi connectivity index (χ1v) is 6.99. The van der Waals surface area contributed by atoms with E-state index in [0.717, 1.165) is 12.8 Å². The Morgan fingerprint density at radius 1 is 1.26 bits per heavy atom. The maximum absolute atomic E-state index is 12.0. The highest BCUT2D eigenvalue weighted by atomic mass is 16.2. The fourth-order valence-electron chi connectivity index (χ4n) is 2.24. The van der Waals surface area contributed by atoms with E-state index in [4.69, 9.17) is 0 Å². The Labute approximate surface area is 114 Å². The van der Waals surface area contributed by atoms with E-state index in [-0.39, 0.29) is 11.7 Å². The van der Waals surface area contributed by atoms with Gasteiger partial charge in [0.15, 0.2) is 0 Å². The van der Waals surface area contributed by atoms with Crippen LogP contribution in [0.3, 0.4) is 0 Å². The van der Waals surface area contributed by atoms with Gasteiger partial charge in [-0.25, -0.2) is 0 Å². The fourth-order valence-corrected chi connectivity index (χ4v) is 2.24. The average Bonchev–Trinajstić information content (AvgIpc) is 3.20. The quantitative estimate of drug-likeness (QED) is 0.764. The molecule has 1 N–H and O–H groups in total. The van der Waals surface area contributed by atoms with Gasteiger partial charge in [-0.2, -0.15) is 0 Å². The van der Waals surface area contributed by atoms with Gasteiger partial charge < -0.3 is 5.32 Å². The molecule has 1 aromatic rings. The summed E-state index contributed by atoms with van der Waals surface area (Å²) in [5, 5.41) is 2.89. The fraction of sp³-hybridized carbons (Fsp3) is 0.500. The highest BCUT2D eigenvalue weighted by molar-refractivity contribution is 6.00. The van der Waals surface area contributed by atoms with Crippen molar-refractivity contribution in [1.82, 2.24) is 5.32 Å². The monoisotopic (exact) mass is 259 g/mol. The van der Waals surface area contributed by atoms with Gasteiger partial charge in [0.25, 0.3) is 0 Å². The Balaban J connectivity index is 1.77. The normalized spacial score (nSPS) is 15.8. The molecule has 0 spiro atoms. The molecule has 2 rings (SSSR count). The zero-order valence-corrected chi connectivity index (χ0v) is 11.4. The number of Topliss-reactive ketones (excluding diaryl/α,β-unsaturated/α-hetero) is 1. The number of amides is 1. The van der Waals surface area contributed by atoms with E-state index in [1.54, 1.807) is 0 Å². The van der Waals surface area contributed by atoms with Crippen LogP contribution < -0.4 is 5.32 Å². The Bertz CT molecular complexity index is 437. The van der Waals surface area contributed by atoms with Crippen molar-refractivity contribution in [3.8, 4) is 0 Å². The van der Waals surface area contributed by atoms with Crippen LogP contribution in [-0.2, 0) is 16.0 Å². The molecule has 1 fully saturated rings. The molecule has 3 nitrogen and oxygen atoms in total. The molecule has 102 valence electrons. The Morgan fingerprint density at radius 2 is 1.95 bits per heavy atom. The number of ketones is 1. The maximum atomic E-state index is 12.0. The maximum Gasteiger partial charge on any atom is 0.230 e. The number of carbonyl (C=O) groups excluding carboxylic acids is 2. The van der Waals surface area contributed by atoms with Crippen LogP contribution >= 0.6 is 0 Å². The van der Waals surface area contributed by atoms with Crippen molar-refractivity contribution in [2.75, 3.05) is 6.54 Å². The first kappa shape index (κ1) is 13.8. The Morgan fingerprint density at radius 3 is 2.53 bits per heavy atom. The van der Waals surface area contributed by atoms with Gasteiger partial charge in [-0.05, 0) is 31.2 Å². The summed E-state index contributed by atoms with van der Waals surface area (Å²) < 4.78 is 0. The number of carbonyl (C=O) groups is 2. The Hall–Kier alpha value is -1.64. The van der Waals surface area contributed by atoms with Crippen LogP contribution in [-0.4, -0.2) is 18.2 Å². The number of rotatable bonds is 7. The van der Waals surface area contributed by atoms with Crippen molar-refractivity contribution in [3.05, 3.63) is 35.9 Å². The van der Waals surface area contributed by atoms with Gasteiger partial charge in [0.05, 0.1) is 5.92 Å². The van der Waals surface area contributed by atoms with E-state index in [1.165, 1.54) is 25.3 Å². The van der Waals surface area contributed by atoms with Crippen LogP contribution in [0.2, 0.25) is 0 Å². The van der Waals surface area contributed by atoms with Crippen LogP contribution in [0.5, 0.6) is 0 Å². The minimum atomic E-state index is -0.441. The first-order chi connectivity index (χ1) is 9.16. The lowest BCUT2D eigenvalue weighted by atomic mass is 9.97. The molecule has 0 bridgehead atoms. The van der Waals surface area contributed by atoms with Crippen LogP contribution in [0.1, 0.15) is 31.7 Å². The van der Waals surface area contributed by atoms with E-state index in [0.29, 0.717) is 12.5 Å². The van der Waals surface area contributed by atoms with Crippen LogP contribution in [0.15, 0.2) is 30.3 Å². The summed E-state index contributed by atoms with van der Waals surface area (Å²) >= 11 is 0. The van der Waals surface area contributed by atoms with Gasteiger partial charge in [-0.15, -0.1) is 0 Å². The summed E-state index contributed by atoms with van der Waals surface area (Å²) in [6.45, 7) is 2.11. The largest absolute Gasteiger partial charge is 0.355 e. The molecule has 0 saturated heterocycles. The summed E-state index contributed by atoms with van der Waals surface area (Å²) in [6, 6.07) is 10.0. The Kier molecular flexibility index (Phi) is 4.72. The second-order valence-electron chi connectivity index (χ2n) is 5.37. The van der Waals surface area contributed by atoms with Crippen LogP contribution in [0.25, 0.3) is 0 Å². The van der Waals surface area contributed by atoms with Crippen LogP contribution in [0, 0.1) is 11.8 Å². The standard InChI is InChI=1S/C16H21NO2/c1-12(18)15(11-14-7-8-14)16(19)17-10-9-13-5-3-2-4-6-13/h2-6,14-15H,7-11H2,1H3,(H,17,19)/t15-/m0/s1. The van der Waals surface area contributed by atoms with Crippen molar-refractivity contribution < 1.29 is 9.59 Å². The average molecular weight is 259 g/mol. The third-order valence-corrected chi connectivity index (χ3v) is 3.63. The molecule has 0 unspecified atom stereocenters. The number of hydrogen-bond donors (Lipinski definition) is 1. The van der Waals surface area contributed by atoms with Crippen LogP contribution in [0.4, 0.5) is 0 Å². The van der Waals surface area contributed by atoms with Crippen molar-refractivity contribution in [3.63, 3.8) is 0 Å². The summed E-state index contributed by atoms with van der Waals surface area (Å²) in [4.78, 5) is 23.5. The van der Waals surface area contributed by atoms with Gasteiger partial charge in [0.2, 0.25) is 5.91 Å². The molecule has 1 aliphatic carbocycles. The third-order valence-electron chi connectivity index (χ3n) is 3.63. The number of hydrogen-bond acceptors (Lipinski definition) is 2. The molecule has 1 atom stereocenters. The minimum Gasteiger partial charge on any atom is -0.355 e. The third kappa shape index (κ3) is 4.51. The molecule has 0 aliphatic heterocycles. The molecule has 0 aromatic heterocycles. The van der Waals surface area contributed by atoms with Gasteiger partial charge in [-0.3, -0.25) is 9.59 Å². The number of nitrogens with one attached hydrogen (secondary N) is 1. The highest BCUT2D eigenvalue weighted by Gasteiger charge is 2.31. The lowest BCUT2D eigenvalue weighted by molar-refractivity contribution is -0.133. The summed E-state index contributed by atoms with van der Waals surface area (Å²) in [7, 11) is 0. The van der Waals surface area contributed by atoms with Crippen molar-refractivity contribution in [2.45, 2.75) is 32.6 Å². The molecule has 1 aromatic carbocycles. The lowest BCUT2D eigenvalue weighted by Gasteiger charge is -2.13. The smallest absolute Gasteiger partial charge is 0.230 e. The second kappa shape index (κ2) is 6.50. The molecule has 0 radical (unpaired) electrons. The molecule has 0 heterocycles. The summed E-state index contributed by atoms with van der Waals surface area (Å²) in [5.74, 6) is 0.0384. The molecule has 1 amide bonds. The molecular formula is C16H21NO2.